The van der Waals surface area contributed by atoms with Gasteiger partial charge in [0.25, 0.3) is 0 Å². The van der Waals surface area contributed by atoms with Crippen LogP contribution >= 0.6 is 11.8 Å². The molecule has 0 saturated carbocycles. The molecule has 0 fully saturated rings. The first-order valence-corrected chi connectivity index (χ1v) is 8.29. The van der Waals surface area contributed by atoms with Crippen LogP contribution in [0.2, 0.25) is 0 Å². The van der Waals surface area contributed by atoms with Crippen molar-refractivity contribution in [3.8, 4) is 5.75 Å². The van der Waals surface area contributed by atoms with Gasteiger partial charge in [0.2, 0.25) is 0 Å². The number of hydrazine groups is 1. The van der Waals surface area contributed by atoms with Crippen molar-refractivity contribution in [2.45, 2.75) is 23.3 Å². The zero-order valence-electron chi connectivity index (χ0n) is 11.7. The third-order valence-electron chi connectivity index (χ3n) is 4.40. The Bertz CT molecular complexity index is 674. The number of benzene rings is 2. The van der Waals surface area contributed by atoms with Crippen LogP contribution in [0.15, 0.2) is 47.4 Å². The number of nitrogens with two attached hydrogens (primary N) is 1. The topological polar surface area (TPSA) is 47.3 Å². The highest BCUT2D eigenvalue weighted by Gasteiger charge is 2.33. The van der Waals surface area contributed by atoms with E-state index in [4.69, 9.17) is 10.6 Å². The fraction of sp³-hybridized carbons (Fsp3) is 0.294. The van der Waals surface area contributed by atoms with Gasteiger partial charge in [0.05, 0.1) is 12.6 Å². The molecule has 0 amide bonds. The molecular weight excluding hydrogens is 280 g/mol. The monoisotopic (exact) mass is 298 g/mol. The Hall–Kier alpha value is -1.49. The molecule has 21 heavy (non-hydrogen) atoms. The average molecular weight is 298 g/mol. The minimum Gasteiger partial charge on any atom is -0.493 e. The molecule has 4 heteroatoms. The number of rotatable bonds is 3. The second-order valence-corrected chi connectivity index (χ2v) is 6.60. The molecule has 2 atom stereocenters. The van der Waals surface area contributed by atoms with Gasteiger partial charge in [-0.25, -0.2) is 0 Å². The summed E-state index contributed by atoms with van der Waals surface area (Å²) in [5.41, 5.74) is 6.91. The van der Waals surface area contributed by atoms with E-state index in [2.05, 4.69) is 47.9 Å². The molecule has 3 nitrogen and oxygen atoms in total. The average Bonchev–Trinajstić information content (AvgIpc) is 3.15. The van der Waals surface area contributed by atoms with Gasteiger partial charge in [0.1, 0.15) is 5.75 Å². The third-order valence-corrected chi connectivity index (χ3v) is 5.61. The molecule has 0 spiro atoms. The quantitative estimate of drug-likeness (QED) is 0.675. The van der Waals surface area contributed by atoms with E-state index in [0.717, 1.165) is 24.5 Å². The molecule has 2 unspecified atom stereocenters. The van der Waals surface area contributed by atoms with Crippen LogP contribution in [0.3, 0.4) is 0 Å². The lowest BCUT2D eigenvalue weighted by atomic mass is 9.88. The lowest BCUT2D eigenvalue weighted by molar-refractivity contribution is 0.345. The van der Waals surface area contributed by atoms with Gasteiger partial charge in [-0.1, -0.05) is 36.4 Å². The summed E-state index contributed by atoms with van der Waals surface area (Å²) in [7, 11) is 0. The van der Waals surface area contributed by atoms with E-state index >= 15 is 0 Å². The number of thioether (sulfide) groups is 1. The minimum atomic E-state index is 0.0919. The predicted octanol–water partition coefficient (Wildman–Crippen LogP) is 3.02. The van der Waals surface area contributed by atoms with Crippen molar-refractivity contribution in [2.24, 2.45) is 5.84 Å². The highest BCUT2D eigenvalue weighted by atomic mass is 32.2. The van der Waals surface area contributed by atoms with Gasteiger partial charge in [-0.2, -0.15) is 0 Å². The molecular formula is C17H18N2OS. The van der Waals surface area contributed by atoms with Gasteiger partial charge >= 0.3 is 0 Å². The van der Waals surface area contributed by atoms with Crippen molar-refractivity contribution >= 4 is 11.8 Å². The van der Waals surface area contributed by atoms with Crippen molar-refractivity contribution < 1.29 is 4.74 Å². The maximum Gasteiger partial charge on any atom is 0.127 e. The van der Waals surface area contributed by atoms with Crippen LogP contribution in [0.1, 0.15) is 28.7 Å². The molecule has 108 valence electrons. The molecule has 4 rings (SSSR count). The SMILES string of the molecule is NNC(c1cccc2c1OCC2)C1CSc2ccccc21. The summed E-state index contributed by atoms with van der Waals surface area (Å²) in [4.78, 5) is 1.37. The van der Waals surface area contributed by atoms with Crippen LogP contribution in [0, 0.1) is 0 Å². The Balaban J connectivity index is 1.75. The summed E-state index contributed by atoms with van der Waals surface area (Å²) < 4.78 is 5.86. The van der Waals surface area contributed by atoms with Crippen LogP contribution in [0.25, 0.3) is 0 Å². The van der Waals surface area contributed by atoms with Crippen LogP contribution in [-0.4, -0.2) is 12.4 Å². The van der Waals surface area contributed by atoms with Crippen LogP contribution in [-0.2, 0) is 6.42 Å². The van der Waals surface area contributed by atoms with Crippen molar-refractivity contribution in [3.63, 3.8) is 0 Å². The molecule has 2 aromatic rings. The first-order chi connectivity index (χ1) is 10.4. The second-order valence-electron chi connectivity index (χ2n) is 5.53. The maximum absolute atomic E-state index is 5.92. The van der Waals surface area contributed by atoms with E-state index in [-0.39, 0.29) is 6.04 Å². The van der Waals surface area contributed by atoms with E-state index in [1.165, 1.54) is 21.6 Å². The zero-order chi connectivity index (χ0) is 14.2. The molecule has 2 aliphatic heterocycles. The second kappa shape index (κ2) is 5.37. The Labute approximate surface area is 128 Å². The number of hydrogen-bond acceptors (Lipinski definition) is 4. The fourth-order valence-electron chi connectivity index (χ4n) is 3.37. The number of nitrogens with one attached hydrogen (secondary N) is 1. The summed E-state index contributed by atoms with van der Waals surface area (Å²) in [5, 5.41) is 0. The number of para-hydroxylation sites is 1. The summed E-state index contributed by atoms with van der Waals surface area (Å²) in [5.74, 6) is 8.39. The molecule has 2 aliphatic rings. The van der Waals surface area contributed by atoms with Gasteiger partial charge in [-0.15, -0.1) is 11.8 Å². The van der Waals surface area contributed by atoms with E-state index in [9.17, 15) is 0 Å². The molecule has 0 saturated heterocycles. The van der Waals surface area contributed by atoms with E-state index in [0.29, 0.717) is 5.92 Å². The lowest BCUT2D eigenvalue weighted by Gasteiger charge is -2.25. The Morgan fingerprint density at radius 1 is 1.19 bits per heavy atom. The molecule has 2 aromatic carbocycles. The summed E-state index contributed by atoms with van der Waals surface area (Å²) in [6, 6.07) is 15.1. The maximum atomic E-state index is 5.92. The van der Waals surface area contributed by atoms with Gasteiger partial charge in [-0.05, 0) is 17.2 Å². The minimum absolute atomic E-state index is 0.0919. The number of fused-ring (bicyclic) bond motifs is 2. The fourth-order valence-corrected chi connectivity index (χ4v) is 4.66. The van der Waals surface area contributed by atoms with Crippen molar-refractivity contribution in [2.75, 3.05) is 12.4 Å². The molecule has 3 N–H and O–H groups in total. The Kier molecular flexibility index (Phi) is 3.37. The van der Waals surface area contributed by atoms with E-state index < -0.39 is 0 Å². The van der Waals surface area contributed by atoms with Gasteiger partial charge in [0.15, 0.2) is 0 Å². The highest BCUT2D eigenvalue weighted by molar-refractivity contribution is 7.99. The Morgan fingerprint density at radius 2 is 2.10 bits per heavy atom. The molecule has 2 heterocycles. The van der Waals surface area contributed by atoms with Crippen LogP contribution in [0.5, 0.6) is 5.75 Å². The Morgan fingerprint density at radius 3 is 3.00 bits per heavy atom. The largest absolute Gasteiger partial charge is 0.493 e. The zero-order valence-corrected chi connectivity index (χ0v) is 12.5. The standard InChI is InChI=1S/C17H18N2OS/c18-19-16(13-6-3-4-11-8-9-20-17(11)13)14-10-21-15-7-2-1-5-12(14)15/h1-7,14,16,19H,8-10,18H2. The molecule has 0 bridgehead atoms. The normalized spacial score (nSPS) is 20.7. The molecule has 0 aromatic heterocycles. The van der Waals surface area contributed by atoms with Crippen molar-refractivity contribution in [1.82, 2.24) is 5.43 Å². The molecule has 0 aliphatic carbocycles. The number of hydrogen-bond donors (Lipinski definition) is 2. The smallest absolute Gasteiger partial charge is 0.127 e. The van der Waals surface area contributed by atoms with Crippen molar-refractivity contribution in [1.29, 1.82) is 0 Å². The summed E-state index contributed by atoms with van der Waals surface area (Å²) >= 11 is 1.91. The van der Waals surface area contributed by atoms with E-state index in [1.807, 2.05) is 11.8 Å². The summed E-state index contributed by atoms with van der Waals surface area (Å²) in [6.45, 7) is 0.777. The molecule has 0 radical (unpaired) electrons. The first-order valence-electron chi connectivity index (χ1n) is 7.31. The third kappa shape index (κ3) is 2.14. The lowest BCUT2D eigenvalue weighted by Crippen LogP contribution is -2.33. The predicted molar refractivity (Wildman–Crippen MR) is 85.6 cm³/mol. The van der Waals surface area contributed by atoms with E-state index in [1.54, 1.807) is 0 Å². The highest BCUT2D eigenvalue weighted by Crippen LogP contribution is 2.47. The van der Waals surface area contributed by atoms with Crippen molar-refractivity contribution in [3.05, 3.63) is 59.2 Å². The first kappa shape index (κ1) is 13.2. The van der Waals surface area contributed by atoms with Gasteiger partial charge in [0, 0.05) is 28.6 Å². The van der Waals surface area contributed by atoms with Crippen LogP contribution in [0.4, 0.5) is 0 Å². The summed E-state index contributed by atoms with van der Waals surface area (Å²) in [6.07, 6.45) is 0.996. The van der Waals surface area contributed by atoms with Crippen LogP contribution < -0.4 is 16.0 Å². The van der Waals surface area contributed by atoms with Gasteiger partial charge in [-0.3, -0.25) is 11.3 Å². The number of ether oxygens (including phenoxy) is 1. The van der Waals surface area contributed by atoms with Gasteiger partial charge < -0.3 is 4.74 Å².